The van der Waals surface area contributed by atoms with Crippen molar-refractivity contribution in [1.82, 2.24) is 4.72 Å². The van der Waals surface area contributed by atoms with Crippen LogP contribution in [-0.2, 0) is 24.3 Å². The van der Waals surface area contributed by atoms with Crippen molar-refractivity contribution in [3.05, 3.63) is 0 Å². The molecular weight excluding hydrogens is 246 g/mol. The van der Waals surface area contributed by atoms with Gasteiger partial charge < -0.3 is 9.47 Å². The van der Waals surface area contributed by atoms with Crippen molar-refractivity contribution in [3.8, 4) is 0 Å². The molecule has 6 nitrogen and oxygen atoms in total. The van der Waals surface area contributed by atoms with E-state index < -0.39 is 22.0 Å². The summed E-state index contributed by atoms with van der Waals surface area (Å²) in [6.07, 6.45) is 0.387. The fourth-order valence-corrected chi connectivity index (χ4v) is 2.60. The Kier molecular flexibility index (Phi) is 7.33. The van der Waals surface area contributed by atoms with Crippen molar-refractivity contribution in [2.75, 3.05) is 26.6 Å². The SMILES string of the molecule is COCCCS(=O)(=O)NC(C(=O)OC)C(C)C. The molecule has 0 aromatic rings. The summed E-state index contributed by atoms with van der Waals surface area (Å²) in [6.45, 7) is 3.87. The van der Waals surface area contributed by atoms with Gasteiger partial charge in [-0.25, -0.2) is 13.1 Å². The van der Waals surface area contributed by atoms with Gasteiger partial charge in [-0.2, -0.15) is 0 Å². The summed E-state index contributed by atoms with van der Waals surface area (Å²) in [4.78, 5) is 11.4. The lowest BCUT2D eigenvalue weighted by Crippen LogP contribution is -2.45. The maximum Gasteiger partial charge on any atom is 0.324 e. The molecule has 1 N–H and O–H groups in total. The third kappa shape index (κ3) is 6.60. The quantitative estimate of drug-likeness (QED) is 0.500. The van der Waals surface area contributed by atoms with Gasteiger partial charge in [-0.3, -0.25) is 4.79 Å². The van der Waals surface area contributed by atoms with Gasteiger partial charge in [0.05, 0.1) is 12.9 Å². The number of esters is 1. The Morgan fingerprint density at radius 2 is 1.88 bits per heavy atom. The average Bonchev–Trinajstić information content (AvgIpc) is 2.25. The molecule has 0 heterocycles. The smallest absolute Gasteiger partial charge is 0.324 e. The van der Waals surface area contributed by atoms with Crippen molar-refractivity contribution < 1.29 is 22.7 Å². The molecule has 0 aliphatic rings. The number of carbonyl (C=O) groups is 1. The number of carbonyl (C=O) groups excluding carboxylic acids is 1. The lowest BCUT2D eigenvalue weighted by Gasteiger charge is -2.19. The van der Waals surface area contributed by atoms with Crippen LogP contribution in [0, 0.1) is 5.92 Å². The molecule has 1 atom stereocenters. The highest BCUT2D eigenvalue weighted by Gasteiger charge is 2.27. The Labute approximate surface area is 103 Å². The third-order valence-electron chi connectivity index (χ3n) is 2.19. The second-order valence-corrected chi connectivity index (χ2v) is 5.90. The Hall–Kier alpha value is -0.660. The standard InChI is InChI=1S/C10H21NO5S/c1-8(2)9(10(12)16-4)11-17(13,14)7-5-6-15-3/h8-9,11H,5-7H2,1-4H3. The highest BCUT2D eigenvalue weighted by atomic mass is 32.2. The first-order valence-electron chi connectivity index (χ1n) is 5.40. The lowest BCUT2D eigenvalue weighted by atomic mass is 10.1. The number of hydrogen-bond donors (Lipinski definition) is 1. The first-order chi connectivity index (χ1) is 7.84. The monoisotopic (exact) mass is 267 g/mol. The minimum Gasteiger partial charge on any atom is -0.468 e. The highest BCUT2D eigenvalue weighted by Crippen LogP contribution is 2.06. The largest absolute Gasteiger partial charge is 0.468 e. The molecule has 7 heteroatoms. The van der Waals surface area contributed by atoms with Crippen molar-refractivity contribution >= 4 is 16.0 Å². The molecule has 0 aliphatic heterocycles. The number of hydrogen-bond acceptors (Lipinski definition) is 5. The van der Waals surface area contributed by atoms with Crippen LogP contribution in [0.1, 0.15) is 20.3 Å². The minimum atomic E-state index is -3.48. The van der Waals surface area contributed by atoms with Gasteiger partial charge in [0.25, 0.3) is 0 Å². The average molecular weight is 267 g/mol. The van der Waals surface area contributed by atoms with Crippen LogP contribution >= 0.6 is 0 Å². The molecule has 0 fully saturated rings. The van der Waals surface area contributed by atoms with Crippen molar-refractivity contribution in [2.24, 2.45) is 5.92 Å². The summed E-state index contributed by atoms with van der Waals surface area (Å²) < 4.78 is 35.0. The Morgan fingerprint density at radius 1 is 1.29 bits per heavy atom. The highest BCUT2D eigenvalue weighted by molar-refractivity contribution is 7.89. The summed E-state index contributed by atoms with van der Waals surface area (Å²) >= 11 is 0. The molecule has 0 aromatic heterocycles. The van der Waals surface area contributed by atoms with Crippen molar-refractivity contribution in [1.29, 1.82) is 0 Å². The first kappa shape index (κ1) is 16.3. The zero-order chi connectivity index (χ0) is 13.5. The van der Waals surface area contributed by atoms with E-state index >= 15 is 0 Å². The molecule has 0 bridgehead atoms. The molecule has 17 heavy (non-hydrogen) atoms. The molecule has 0 saturated carbocycles. The van der Waals surface area contributed by atoms with E-state index in [1.165, 1.54) is 14.2 Å². The van der Waals surface area contributed by atoms with E-state index in [1.807, 2.05) is 0 Å². The van der Waals surface area contributed by atoms with Gasteiger partial charge in [-0.05, 0) is 12.3 Å². The number of nitrogens with one attached hydrogen (secondary N) is 1. The van der Waals surface area contributed by atoms with Crippen LogP contribution in [-0.4, -0.2) is 47.0 Å². The zero-order valence-corrected chi connectivity index (χ0v) is 11.5. The number of rotatable bonds is 8. The molecule has 0 aliphatic carbocycles. The van der Waals surface area contributed by atoms with Crippen LogP contribution in [0.25, 0.3) is 0 Å². The Bertz CT molecular complexity index is 326. The molecule has 0 spiro atoms. The van der Waals surface area contributed by atoms with Crippen molar-refractivity contribution in [3.63, 3.8) is 0 Å². The maximum absolute atomic E-state index is 11.7. The van der Waals surface area contributed by atoms with Crippen LogP contribution in [0.2, 0.25) is 0 Å². The number of ether oxygens (including phenoxy) is 2. The topological polar surface area (TPSA) is 81.7 Å². The normalized spacial score (nSPS) is 13.7. The van der Waals surface area contributed by atoms with Gasteiger partial charge >= 0.3 is 5.97 Å². The van der Waals surface area contributed by atoms with Gasteiger partial charge in [0.2, 0.25) is 10.0 Å². The summed E-state index contributed by atoms with van der Waals surface area (Å²) in [5.41, 5.74) is 0. The summed E-state index contributed by atoms with van der Waals surface area (Å²) in [5.74, 6) is -0.809. The minimum absolute atomic E-state index is 0.0684. The van der Waals surface area contributed by atoms with E-state index in [2.05, 4.69) is 9.46 Å². The van der Waals surface area contributed by atoms with E-state index in [0.717, 1.165) is 0 Å². The van der Waals surface area contributed by atoms with Crippen LogP contribution < -0.4 is 4.72 Å². The van der Waals surface area contributed by atoms with Gasteiger partial charge in [0, 0.05) is 13.7 Å². The number of sulfonamides is 1. The number of methoxy groups -OCH3 is 2. The van der Waals surface area contributed by atoms with Crippen LogP contribution in [0.15, 0.2) is 0 Å². The summed E-state index contributed by atoms with van der Waals surface area (Å²) in [7, 11) is -0.746. The second kappa shape index (κ2) is 7.62. The van der Waals surface area contributed by atoms with Crippen LogP contribution in [0.4, 0.5) is 0 Å². The summed E-state index contributed by atoms with van der Waals surface area (Å²) in [6, 6.07) is -0.840. The molecule has 0 aromatic carbocycles. The molecule has 0 amide bonds. The van der Waals surface area contributed by atoms with E-state index in [0.29, 0.717) is 13.0 Å². The molecule has 0 rings (SSSR count). The van der Waals surface area contributed by atoms with Gasteiger partial charge in [-0.1, -0.05) is 13.8 Å². The van der Waals surface area contributed by atoms with Gasteiger partial charge in [0.15, 0.2) is 0 Å². The first-order valence-corrected chi connectivity index (χ1v) is 7.06. The molecular formula is C10H21NO5S. The van der Waals surface area contributed by atoms with Crippen LogP contribution in [0.5, 0.6) is 0 Å². The van der Waals surface area contributed by atoms with E-state index in [1.54, 1.807) is 13.8 Å². The molecule has 1 unspecified atom stereocenters. The summed E-state index contributed by atoms with van der Waals surface area (Å²) in [5, 5.41) is 0. The van der Waals surface area contributed by atoms with Crippen LogP contribution in [0.3, 0.4) is 0 Å². The van der Waals surface area contributed by atoms with Gasteiger partial charge in [-0.15, -0.1) is 0 Å². The Morgan fingerprint density at radius 3 is 2.29 bits per heavy atom. The van der Waals surface area contributed by atoms with Gasteiger partial charge in [0.1, 0.15) is 6.04 Å². The van der Waals surface area contributed by atoms with E-state index in [9.17, 15) is 13.2 Å². The fourth-order valence-electron chi connectivity index (χ4n) is 1.23. The lowest BCUT2D eigenvalue weighted by molar-refractivity contribution is -0.143. The molecule has 102 valence electrons. The van der Waals surface area contributed by atoms with Crippen molar-refractivity contribution in [2.45, 2.75) is 26.3 Å². The second-order valence-electron chi connectivity index (χ2n) is 4.03. The maximum atomic E-state index is 11.7. The fraction of sp³-hybridized carbons (Fsp3) is 0.900. The van der Waals surface area contributed by atoms with E-state index in [4.69, 9.17) is 4.74 Å². The third-order valence-corrected chi connectivity index (χ3v) is 3.63. The predicted molar refractivity (Wildman–Crippen MR) is 64.1 cm³/mol. The zero-order valence-electron chi connectivity index (χ0n) is 10.7. The van der Waals surface area contributed by atoms with E-state index in [-0.39, 0.29) is 11.7 Å². The molecule has 0 saturated heterocycles. The predicted octanol–water partition coefficient (Wildman–Crippen LogP) is 0.140. The molecule has 0 radical (unpaired) electrons. The Balaban J connectivity index is 4.48.